The van der Waals surface area contributed by atoms with Gasteiger partial charge in [0.15, 0.2) is 0 Å². The molecule has 0 amide bonds. The average molecular weight is 250 g/mol. The molecule has 0 bridgehead atoms. The van der Waals surface area contributed by atoms with Crippen molar-refractivity contribution in [1.29, 1.82) is 0 Å². The molecule has 18 heavy (non-hydrogen) atoms. The first kappa shape index (κ1) is 15.0. The molecule has 1 aromatic carbocycles. The summed E-state index contributed by atoms with van der Waals surface area (Å²) in [4.78, 5) is 4.39. The Hall–Kier alpha value is -1.06. The van der Waals surface area contributed by atoms with Crippen LogP contribution in [0.3, 0.4) is 0 Å². The van der Waals surface area contributed by atoms with E-state index < -0.39 is 0 Å². The van der Waals surface area contributed by atoms with Gasteiger partial charge in [-0.15, -0.1) is 0 Å². The Balaban J connectivity index is 2.69. The maximum absolute atomic E-state index is 5.41. The van der Waals surface area contributed by atoms with Crippen molar-refractivity contribution in [3.63, 3.8) is 0 Å². The molecule has 3 nitrogen and oxygen atoms in total. The molecule has 3 heteroatoms. The molecule has 0 unspecified atom stereocenters. The highest BCUT2D eigenvalue weighted by atomic mass is 16.5. The summed E-state index contributed by atoms with van der Waals surface area (Å²) < 4.78 is 5.41. The Kier molecular flexibility index (Phi) is 6.16. The van der Waals surface area contributed by atoms with Gasteiger partial charge in [0.25, 0.3) is 0 Å². The van der Waals surface area contributed by atoms with Gasteiger partial charge in [-0.3, -0.25) is 0 Å². The lowest BCUT2D eigenvalue weighted by Crippen LogP contribution is -2.14. The van der Waals surface area contributed by atoms with Crippen LogP contribution in [0.25, 0.3) is 0 Å². The molecule has 0 atom stereocenters. The number of ether oxygens (including phenoxy) is 1. The van der Waals surface area contributed by atoms with E-state index >= 15 is 0 Å². The predicted octanol–water partition coefficient (Wildman–Crippen LogP) is 2.25. The van der Waals surface area contributed by atoms with Crippen molar-refractivity contribution >= 4 is 0 Å². The molecule has 0 aliphatic heterocycles. The summed E-state index contributed by atoms with van der Waals surface area (Å²) in [5.41, 5.74) is 2.67. The van der Waals surface area contributed by atoms with E-state index in [1.54, 1.807) is 7.11 Å². The minimum atomic E-state index is 0.921. The fourth-order valence-corrected chi connectivity index (χ4v) is 2.05. The molecule has 0 saturated heterocycles. The molecule has 0 N–H and O–H groups in total. The SMILES string of the molecule is COc1ccc(CCCN(C)C)cc1CN(C)C. The van der Waals surface area contributed by atoms with Crippen LogP contribution in [0.1, 0.15) is 17.5 Å². The molecule has 0 aromatic heterocycles. The number of hydrogen-bond donors (Lipinski definition) is 0. The van der Waals surface area contributed by atoms with Gasteiger partial charge in [0.2, 0.25) is 0 Å². The van der Waals surface area contributed by atoms with Crippen LogP contribution < -0.4 is 4.74 Å². The second kappa shape index (κ2) is 7.39. The molecular formula is C15H26N2O. The fourth-order valence-electron chi connectivity index (χ4n) is 2.05. The van der Waals surface area contributed by atoms with E-state index in [1.807, 2.05) is 0 Å². The molecule has 0 aliphatic rings. The molecule has 102 valence electrons. The van der Waals surface area contributed by atoms with Crippen molar-refractivity contribution < 1.29 is 4.74 Å². The molecule has 0 spiro atoms. The molecule has 0 fully saturated rings. The highest BCUT2D eigenvalue weighted by Crippen LogP contribution is 2.21. The molecule has 1 rings (SSSR count). The number of benzene rings is 1. The summed E-state index contributed by atoms with van der Waals surface area (Å²) >= 11 is 0. The lowest BCUT2D eigenvalue weighted by molar-refractivity contribution is 0.371. The Bertz CT molecular complexity index is 362. The van der Waals surface area contributed by atoms with Crippen LogP contribution in [0.2, 0.25) is 0 Å². The van der Waals surface area contributed by atoms with E-state index in [4.69, 9.17) is 4.74 Å². The van der Waals surface area contributed by atoms with Crippen molar-refractivity contribution in [1.82, 2.24) is 9.80 Å². The van der Waals surface area contributed by atoms with Gasteiger partial charge < -0.3 is 14.5 Å². The first-order valence-electron chi connectivity index (χ1n) is 6.48. The van der Waals surface area contributed by atoms with E-state index in [9.17, 15) is 0 Å². The smallest absolute Gasteiger partial charge is 0.123 e. The van der Waals surface area contributed by atoms with Gasteiger partial charge in [0, 0.05) is 12.1 Å². The maximum Gasteiger partial charge on any atom is 0.123 e. The third kappa shape index (κ3) is 5.07. The Morgan fingerprint density at radius 2 is 1.78 bits per heavy atom. The molecule has 0 aliphatic carbocycles. The number of hydrogen-bond acceptors (Lipinski definition) is 3. The summed E-state index contributed by atoms with van der Waals surface area (Å²) in [6.07, 6.45) is 2.32. The zero-order chi connectivity index (χ0) is 13.5. The summed E-state index contributed by atoms with van der Waals surface area (Å²) in [6, 6.07) is 6.53. The van der Waals surface area contributed by atoms with Crippen LogP contribution >= 0.6 is 0 Å². The van der Waals surface area contributed by atoms with Gasteiger partial charge in [-0.25, -0.2) is 0 Å². The van der Waals surface area contributed by atoms with E-state index in [0.29, 0.717) is 0 Å². The second-order valence-electron chi connectivity index (χ2n) is 5.29. The minimum Gasteiger partial charge on any atom is -0.496 e. The predicted molar refractivity (Wildman–Crippen MR) is 77.3 cm³/mol. The largest absolute Gasteiger partial charge is 0.496 e. The summed E-state index contributed by atoms with van der Waals surface area (Å²) in [5, 5.41) is 0. The molecular weight excluding hydrogens is 224 g/mol. The Morgan fingerprint density at radius 3 is 2.33 bits per heavy atom. The highest BCUT2D eigenvalue weighted by Gasteiger charge is 2.05. The van der Waals surface area contributed by atoms with Crippen LogP contribution in [-0.4, -0.2) is 51.6 Å². The topological polar surface area (TPSA) is 15.7 Å². The van der Waals surface area contributed by atoms with Gasteiger partial charge in [-0.2, -0.15) is 0 Å². The number of aryl methyl sites for hydroxylation is 1. The third-order valence-electron chi connectivity index (χ3n) is 2.90. The third-order valence-corrected chi connectivity index (χ3v) is 2.90. The second-order valence-corrected chi connectivity index (χ2v) is 5.29. The van der Waals surface area contributed by atoms with Crippen LogP contribution in [0, 0.1) is 0 Å². The number of nitrogens with zero attached hydrogens (tertiary/aromatic N) is 2. The van der Waals surface area contributed by atoms with Crippen LogP contribution in [0.5, 0.6) is 5.75 Å². The summed E-state index contributed by atoms with van der Waals surface area (Å²) in [6.45, 7) is 2.06. The van der Waals surface area contributed by atoms with E-state index in [0.717, 1.165) is 25.3 Å². The quantitative estimate of drug-likeness (QED) is 0.738. The van der Waals surface area contributed by atoms with Gasteiger partial charge in [-0.05, 0) is 59.2 Å². The zero-order valence-electron chi connectivity index (χ0n) is 12.4. The van der Waals surface area contributed by atoms with Crippen molar-refractivity contribution in [3.05, 3.63) is 29.3 Å². The minimum absolute atomic E-state index is 0.921. The first-order valence-corrected chi connectivity index (χ1v) is 6.48. The first-order chi connectivity index (χ1) is 8.52. The Labute approximate surface area is 111 Å². The van der Waals surface area contributed by atoms with Crippen molar-refractivity contribution in [2.24, 2.45) is 0 Å². The molecule has 0 saturated carbocycles. The van der Waals surface area contributed by atoms with Crippen LogP contribution in [-0.2, 0) is 13.0 Å². The summed E-state index contributed by atoms with van der Waals surface area (Å²) in [7, 11) is 10.1. The summed E-state index contributed by atoms with van der Waals surface area (Å²) in [5.74, 6) is 0.986. The van der Waals surface area contributed by atoms with Crippen molar-refractivity contribution in [2.45, 2.75) is 19.4 Å². The molecule has 0 radical (unpaired) electrons. The van der Waals surface area contributed by atoms with E-state index in [2.05, 4.69) is 56.2 Å². The number of rotatable bonds is 7. The Morgan fingerprint density at radius 1 is 1.06 bits per heavy atom. The lowest BCUT2D eigenvalue weighted by atomic mass is 10.0. The van der Waals surface area contributed by atoms with Gasteiger partial charge in [0.1, 0.15) is 5.75 Å². The van der Waals surface area contributed by atoms with Crippen molar-refractivity contribution in [3.8, 4) is 5.75 Å². The van der Waals surface area contributed by atoms with Gasteiger partial charge >= 0.3 is 0 Å². The zero-order valence-corrected chi connectivity index (χ0v) is 12.4. The van der Waals surface area contributed by atoms with Crippen molar-refractivity contribution in [2.75, 3.05) is 41.8 Å². The van der Waals surface area contributed by atoms with Gasteiger partial charge in [-0.1, -0.05) is 12.1 Å². The molecule has 1 aromatic rings. The molecule has 0 heterocycles. The maximum atomic E-state index is 5.41. The normalized spacial score (nSPS) is 11.3. The monoisotopic (exact) mass is 250 g/mol. The lowest BCUT2D eigenvalue weighted by Gasteiger charge is -2.15. The fraction of sp³-hybridized carbons (Fsp3) is 0.600. The highest BCUT2D eigenvalue weighted by molar-refractivity contribution is 5.37. The van der Waals surface area contributed by atoms with E-state index in [1.165, 1.54) is 17.5 Å². The van der Waals surface area contributed by atoms with E-state index in [-0.39, 0.29) is 0 Å². The van der Waals surface area contributed by atoms with Crippen LogP contribution in [0.15, 0.2) is 18.2 Å². The average Bonchev–Trinajstić information content (AvgIpc) is 2.28. The van der Waals surface area contributed by atoms with Gasteiger partial charge in [0.05, 0.1) is 7.11 Å². The number of methoxy groups -OCH3 is 1. The van der Waals surface area contributed by atoms with Crippen LogP contribution in [0.4, 0.5) is 0 Å². The standard InChI is InChI=1S/C15H26N2O/c1-16(2)10-6-7-13-8-9-15(18-5)14(11-13)12-17(3)4/h8-9,11H,6-7,10,12H2,1-5H3.